The molecule has 0 bridgehead atoms. The van der Waals surface area contributed by atoms with E-state index in [9.17, 15) is 0 Å². The van der Waals surface area contributed by atoms with Gasteiger partial charge in [0.1, 0.15) is 0 Å². The van der Waals surface area contributed by atoms with Crippen molar-refractivity contribution in [2.45, 2.75) is 18.4 Å². The van der Waals surface area contributed by atoms with E-state index in [0.29, 0.717) is 6.61 Å². The molecule has 0 unspecified atom stereocenters. The normalized spacial score (nSPS) is 37.1. The van der Waals surface area contributed by atoms with Crippen LogP contribution >= 0.6 is 0 Å². The van der Waals surface area contributed by atoms with Crippen LogP contribution in [0.5, 0.6) is 0 Å². The van der Waals surface area contributed by atoms with Crippen molar-refractivity contribution in [3.8, 4) is 6.07 Å². The van der Waals surface area contributed by atoms with E-state index >= 15 is 0 Å². The molecule has 0 N–H and O–H groups in total. The number of methoxy groups -OCH3 is 1. The third-order valence-corrected chi connectivity index (χ3v) is 3.49. The van der Waals surface area contributed by atoms with Crippen LogP contribution in [0.1, 0.15) is 12.8 Å². The molecule has 2 aliphatic heterocycles. The number of rotatable bonds is 2. The fraction of sp³-hybridized carbons (Fsp3) is 0.727. The Labute approximate surface area is 85.0 Å². The lowest BCUT2D eigenvalue weighted by molar-refractivity contribution is 0.0510. The minimum Gasteiger partial charge on any atom is -0.383 e. The van der Waals surface area contributed by atoms with Crippen LogP contribution in [-0.2, 0) is 4.74 Å². The van der Waals surface area contributed by atoms with Gasteiger partial charge in [-0.1, -0.05) is 12.2 Å². The third kappa shape index (κ3) is 1.18. The van der Waals surface area contributed by atoms with Crippen molar-refractivity contribution in [2.24, 2.45) is 5.92 Å². The highest BCUT2D eigenvalue weighted by Crippen LogP contribution is 2.44. The van der Waals surface area contributed by atoms with Crippen molar-refractivity contribution in [3.05, 3.63) is 12.2 Å². The molecule has 0 aliphatic carbocycles. The molecule has 2 rings (SSSR count). The second-order valence-electron chi connectivity index (χ2n) is 4.36. The zero-order valence-corrected chi connectivity index (χ0v) is 8.62. The van der Waals surface area contributed by atoms with Gasteiger partial charge in [0, 0.05) is 20.2 Å². The zero-order chi connectivity index (χ0) is 10.2. The Morgan fingerprint density at radius 1 is 1.79 bits per heavy atom. The Morgan fingerprint density at radius 2 is 2.57 bits per heavy atom. The second kappa shape index (κ2) is 3.38. The molecule has 2 heterocycles. The fourth-order valence-electron chi connectivity index (χ4n) is 2.90. The summed E-state index contributed by atoms with van der Waals surface area (Å²) in [5.41, 5.74) is 1.18. The maximum atomic E-state index is 9.13. The van der Waals surface area contributed by atoms with Gasteiger partial charge in [-0.3, -0.25) is 4.90 Å². The van der Waals surface area contributed by atoms with E-state index in [2.05, 4.69) is 17.5 Å². The van der Waals surface area contributed by atoms with E-state index < -0.39 is 0 Å². The van der Waals surface area contributed by atoms with Gasteiger partial charge in [-0.2, -0.15) is 5.26 Å². The molecule has 0 amide bonds. The highest BCUT2D eigenvalue weighted by atomic mass is 16.5. The number of ether oxygens (including phenoxy) is 1. The Morgan fingerprint density at radius 3 is 3.21 bits per heavy atom. The van der Waals surface area contributed by atoms with E-state index in [-0.39, 0.29) is 11.5 Å². The maximum absolute atomic E-state index is 9.13. The highest BCUT2D eigenvalue weighted by Gasteiger charge is 2.52. The summed E-state index contributed by atoms with van der Waals surface area (Å²) < 4.78 is 5.28. The van der Waals surface area contributed by atoms with Crippen LogP contribution in [0.2, 0.25) is 0 Å². The lowest BCUT2D eigenvalue weighted by atomic mass is 9.84. The monoisotopic (exact) mass is 192 g/mol. The van der Waals surface area contributed by atoms with Gasteiger partial charge in [0.05, 0.1) is 24.1 Å². The lowest BCUT2D eigenvalue weighted by Gasteiger charge is -2.33. The number of hydrogen-bond donors (Lipinski definition) is 0. The van der Waals surface area contributed by atoms with Crippen molar-refractivity contribution in [3.63, 3.8) is 0 Å². The molecule has 2 saturated heterocycles. The molecule has 0 aromatic rings. The van der Waals surface area contributed by atoms with E-state index in [1.807, 2.05) is 0 Å². The van der Waals surface area contributed by atoms with Gasteiger partial charge in [-0.25, -0.2) is 0 Å². The maximum Gasteiger partial charge on any atom is 0.0685 e. The summed E-state index contributed by atoms with van der Waals surface area (Å²) in [6.07, 6.45) is 1.91. The molecule has 0 aromatic heterocycles. The molecule has 0 saturated carbocycles. The van der Waals surface area contributed by atoms with Crippen LogP contribution in [-0.4, -0.2) is 37.2 Å². The van der Waals surface area contributed by atoms with E-state index in [4.69, 9.17) is 10.00 Å². The van der Waals surface area contributed by atoms with Gasteiger partial charge in [0.15, 0.2) is 0 Å². The van der Waals surface area contributed by atoms with Crippen LogP contribution in [0, 0.1) is 17.2 Å². The first-order valence-corrected chi connectivity index (χ1v) is 5.03. The van der Waals surface area contributed by atoms with Gasteiger partial charge < -0.3 is 4.74 Å². The Bertz CT molecular complexity index is 294. The Kier molecular flexibility index (Phi) is 2.34. The minimum atomic E-state index is -0.0550. The van der Waals surface area contributed by atoms with Crippen LogP contribution < -0.4 is 0 Å². The van der Waals surface area contributed by atoms with E-state index in [1.54, 1.807) is 7.11 Å². The molecule has 0 radical (unpaired) electrons. The van der Waals surface area contributed by atoms with Gasteiger partial charge in [0.25, 0.3) is 0 Å². The number of fused-ring (bicyclic) bond motifs is 1. The molecular formula is C11H16N2O. The molecule has 0 aromatic carbocycles. The first kappa shape index (κ1) is 9.70. The SMILES string of the molecule is C=C1CN2CC[C@H](C#N)[C@@]2(COC)C1. The summed E-state index contributed by atoms with van der Waals surface area (Å²) in [5, 5.41) is 9.13. The average Bonchev–Trinajstić information content (AvgIpc) is 2.59. The molecular weight excluding hydrogens is 176 g/mol. The summed E-state index contributed by atoms with van der Waals surface area (Å²) >= 11 is 0. The van der Waals surface area contributed by atoms with Gasteiger partial charge >= 0.3 is 0 Å². The van der Waals surface area contributed by atoms with Gasteiger partial charge in [-0.15, -0.1) is 0 Å². The predicted molar refractivity (Wildman–Crippen MR) is 53.7 cm³/mol. The summed E-state index contributed by atoms with van der Waals surface area (Å²) in [5.74, 6) is 0.113. The zero-order valence-electron chi connectivity index (χ0n) is 8.62. The van der Waals surface area contributed by atoms with Crippen molar-refractivity contribution in [1.82, 2.24) is 4.90 Å². The van der Waals surface area contributed by atoms with Crippen LogP contribution in [0.25, 0.3) is 0 Å². The number of nitriles is 1. The average molecular weight is 192 g/mol. The van der Waals surface area contributed by atoms with E-state index in [1.165, 1.54) is 5.57 Å². The van der Waals surface area contributed by atoms with E-state index in [0.717, 1.165) is 25.9 Å². The van der Waals surface area contributed by atoms with Crippen molar-refractivity contribution in [2.75, 3.05) is 26.8 Å². The molecule has 0 spiro atoms. The summed E-state index contributed by atoms with van der Waals surface area (Å²) in [6.45, 7) is 6.64. The smallest absolute Gasteiger partial charge is 0.0685 e. The Hall–Kier alpha value is -0.850. The summed E-state index contributed by atoms with van der Waals surface area (Å²) in [6, 6.07) is 2.42. The Balaban J connectivity index is 2.28. The largest absolute Gasteiger partial charge is 0.383 e. The number of nitrogens with zero attached hydrogens (tertiary/aromatic N) is 2. The molecule has 2 atom stereocenters. The topological polar surface area (TPSA) is 36.3 Å². The van der Waals surface area contributed by atoms with Crippen molar-refractivity contribution >= 4 is 0 Å². The third-order valence-electron chi connectivity index (χ3n) is 3.49. The lowest BCUT2D eigenvalue weighted by Crippen LogP contribution is -2.46. The summed E-state index contributed by atoms with van der Waals surface area (Å²) in [7, 11) is 1.71. The molecule has 76 valence electrons. The summed E-state index contributed by atoms with van der Waals surface area (Å²) in [4.78, 5) is 2.37. The van der Waals surface area contributed by atoms with Gasteiger partial charge in [-0.05, 0) is 12.8 Å². The van der Waals surface area contributed by atoms with Crippen molar-refractivity contribution < 1.29 is 4.74 Å². The molecule has 2 fully saturated rings. The van der Waals surface area contributed by atoms with Crippen LogP contribution in [0.3, 0.4) is 0 Å². The first-order valence-electron chi connectivity index (χ1n) is 5.03. The molecule has 3 nitrogen and oxygen atoms in total. The van der Waals surface area contributed by atoms with Gasteiger partial charge in [0.2, 0.25) is 0 Å². The molecule has 2 aliphatic rings. The quantitative estimate of drug-likeness (QED) is 0.616. The van der Waals surface area contributed by atoms with Crippen molar-refractivity contribution in [1.29, 1.82) is 5.26 Å². The standard InChI is InChI=1S/C11H16N2O/c1-9-5-11(8-14-2)10(6-12)3-4-13(11)7-9/h10H,1,3-5,7-8H2,2H3/t10-,11+/m1/s1. The second-order valence-corrected chi connectivity index (χ2v) is 4.36. The first-order chi connectivity index (χ1) is 6.73. The minimum absolute atomic E-state index is 0.0550. The predicted octanol–water partition coefficient (Wildman–Crippen LogP) is 1.18. The molecule has 3 heteroatoms. The van der Waals surface area contributed by atoms with Crippen LogP contribution in [0.4, 0.5) is 0 Å². The van der Waals surface area contributed by atoms with Crippen LogP contribution in [0.15, 0.2) is 12.2 Å². The fourth-order valence-corrected chi connectivity index (χ4v) is 2.90. The highest BCUT2D eigenvalue weighted by molar-refractivity contribution is 5.23. The molecule has 14 heavy (non-hydrogen) atoms. The number of hydrogen-bond acceptors (Lipinski definition) is 3.